The average molecular weight is 351 g/mol. The van der Waals surface area contributed by atoms with Crippen LogP contribution < -0.4 is 4.74 Å². The third kappa shape index (κ3) is 3.43. The van der Waals surface area contributed by atoms with Gasteiger partial charge in [0.2, 0.25) is 0 Å². The van der Waals surface area contributed by atoms with Gasteiger partial charge in [0.15, 0.2) is 11.4 Å². The van der Waals surface area contributed by atoms with Crippen LogP contribution in [0.2, 0.25) is 0 Å². The van der Waals surface area contributed by atoms with E-state index in [4.69, 9.17) is 4.74 Å². The van der Waals surface area contributed by atoms with Gasteiger partial charge in [-0.05, 0) is 45.4 Å². The quantitative estimate of drug-likeness (QED) is 0.672. The van der Waals surface area contributed by atoms with Gasteiger partial charge in [-0.25, -0.2) is 4.98 Å². The third-order valence-electron chi connectivity index (χ3n) is 4.37. The van der Waals surface area contributed by atoms with E-state index in [0.29, 0.717) is 35.9 Å². The Hall–Kier alpha value is -2.82. The lowest BCUT2D eigenvalue weighted by atomic mass is 10.1. The van der Waals surface area contributed by atoms with Crippen LogP contribution in [-0.4, -0.2) is 32.8 Å². The van der Waals surface area contributed by atoms with Crippen LogP contribution in [0.1, 0.15) is 42.5 Å². The fraction of sp³-hybridized carbons (Fsp3) is 0.333. The monoisotopic (exact) mass is 351 g/mol. The highest BCUT2D eigenvalue weighted by Crippen LogP contribution is 2.24. The molecule has 1 aromatic carbocycles. The first-order valence-corrected chi connectivity index (χ1v) is 8.98. The lowest BCUT2D eigenvalue weighted by molar-refractivity contribution is 0.0682. The summed E-state index contributed by atoms with van der Waals surface area (Å²) in [6.45, 7) is 8.99. The van der Waals surface area contributed by atoms with E-state index in [2.05, 4.69) is 4.98 Å². The van der Waals surface area contributed by atoms with E-state index in [1.165, 1.54) is 0 Å². The van der Waals surface area contributed by atoms with Crippen LogP contribution >= 0.6 is 0 Å². The van der Waals surface area contributed by atoms with Gasteiger partial charge in [-0.15, -0.1) is 0 Å². The first-order chi connectivity index (χ1) is 12.5. The number of aryl methyl sites for hydroxylation is 1. The lowest BCUT2D eigenvalue weighted by Gasteiger charge is -2.27. The van der Waals surface area contributed by atoms with Gasteiger partial charge in [-0.3, -0.25) is 9.20 Å². The van der Waals surface area contributed by atoms with E-state index in [-0.39, 0.29) is 11.9 Å². The fourth-order valence-electron chi connectivity index (χ4n) is 3.09. The molecule has 2 aromatic heterocycles. The molecule has 0 atom stereocenters. The summed E-state index contributed by atoms with van der Waals surface area (Å²) in [5.74, 6) is 0.666. The number of nitrogens with zero attached hydrogens (tertiary/aromatic N) is 3. The van der Waals surface area contributed by atoms with E-state index in [1.807, 2.05) is 85.7 Å². The Bertz CT molecular complexity index is 900. The SMILES string of the molecule is CCOc1cccn2c(C(=O)N(Cc3ccccc3)C(C)C)c(C)nc12. The van der Waals surface area contributed by atoms with Crippen LogP contribution in [0.3, 0.4) is 0 Å². The molecule has 0 spiro atoms. The number of ether oxygens (including phenoxy) is 1. The van der Waals surface area contributed by atoms with Gasteiger partial charge in [0, 0.05) is 18.8 Å². The van der Waals surface area contributed by atoms with Gasteiger partial charge in [0.1, 0.15) is 5.69 Å². The van der Waals surface area contributed by atoms with Crippen LogP contribution in [0.5, 0.6) is 5.75 Å². The Morgan fingerprint density at radius 2 is 1.92 bits per heavy atom. The van der Waals surface area contributed by atoms with Gasteiger partial charge in [0.25, 0.3) is 5.91 Å². The Morgan fingerprint density at radius 3 is 2.58 bits per heavy atom. The van der Waals surface area contributed by atoms with Crippen molar-refractivity contribution in [3.05, 3.63) is 65.6 Å². The molecular weight excluding hydrogens is 326 g/mol. The predicted octanol–water partition coefficient (Wildman–Crippen LogP) is 4.09. The number of rotatable bonds is 6. The normalized spacial score (nSPS) is 11.1. The van der Waals surface area contributed by atoms with Crippen molar-refractivity contribution in [1.82, 2.24) is 14.3 Å². The molecule has 1 amide bonds. The van der Waals surface area contributed by atoms with E-state index >= 15 is 0 Å². The smallest absolute Gasteiger partial charge is 0.273 e. The number of amides is 1. The molecule has 5 heteroatoms. The largest absolute Gasteiger partial charge is 0.490 e. The Labute approximate surface area is 154 Å². The van der Waals surface area contributed by atoms with Crippen molar-refractivity contribution in [2.24, 2.45) is 0 Å². The number of hydrogen-bond donors (Lipinski definition) is 0. The topological polar surface area (TPSA) is 46.8 Å². The van der Waals surface area contributed by atoms with E-state index in [1.54, 1.807) is 0 Å². The molecule has 0 saturated heterocycles. The van der Waals surface area contributed by atoms with Crippen molar-refractivity contribution >= 4 is 11.6 Å². The summed E-state index contributed by atoms with van der Waals surface area (Å²) in [4.78, 5) is 19.8. The molecule has 0 aliphatic carbocycles. The molecule has 0 N–H and O–H groups in total. The minimum absolute atomic E-state index is 0.0255. The molecule has 3 rings (SSSR count). The van der Waals surface area contributed by atoms with Gasteiger partial charge in [0.05, 0.1) is 12.3 Å². The molecule has 0 aliphatic rings. The standard InChI is InChI=1S/C21H25N3O2/c1-5-26-18-12-9-13-23-19(16(4)22-20(18)23)21(25)24(15(2)3)14-17-10-7-6-8-11-17/h6-13,15H,5,14H2,1-4H3. The van der Waals surface area contributed by atoms with Crippen LogP contribution in [0.25, 0.3) is 5.65 Å². The van der Waals surface area contributed by atoms with Gasteiger partial charge in [-0.2, -0.15) is 0 Å². The molecule has 0 radical (unpaired) electrons. The zero-order valence-corrected chi connectivity index (χ0v) is 15.8. The lowest BCUT2D eigenvalue weighted by Crippen LogP contribution is -2.37. The van der Waals surface area contributed by atoms with Crippen molar-refractivity contribution in [1.29, 1.82) is 0 Å². The van der Waals surface area contributed by atoms with E-state index < -0.39 is 0 Å². The zero-order valence-electron chi connectivity index (χ0n) is 15.8. The highest BCUT2D eigenvalue weighted by Gasteiger charge is 2.25. The number of fused-ring (bicyclic) bond motifs is 1. The number of pyridine rings is 1. The molecule has 3 aromatic rings. The number of aromatic nitrogens is 2. The minimum Gasteiger partial charge on any atom is -0.490 e. The third-order valence-corrected chi connectivity index (χ3v) is 4.37. The van der Waals surface area contributed by atoms with Crippen LogP contribution in [0.4, 0.5) is 0 Å². The number of benzene rings is 1. The average Bonchev–Trinajstić information content (AvgIpc) is 2.97. The van der Waals surface area contributed by atoms with Crippen molar-refractivity contribution in [3.8, 4) is 5.75 Å². The molecular formula is C21H25N3O2. The fourth-order valence-corrected chi connectivity index (χ4v) is 3.09. The predicted molar refractivity (Wildman–Crippen MR) is 103 cm³/mol. The van der Waals surface area contributed by atoms with Crippen molar-refractivity contribution in [2.75, 3.05) is 6.61 Å². The molecule has 136 valence electrons. The highest BCUT2D eigenvalue weighted by molar-refractivity contribution is 5.95. The molecule has 0 aliphatic heterocycles. The van der Waals surface area contributed by atoms with Gasteiger partial charge in [-0.1, -0.05) is 30.3 Å². The molecule has 0 unspecified atom stereocenters. The maximum Gasteiger partial charge on any atom is 0.273 e. The summed E-state index contributed by atoms with van der Waals surface area (Å²) in [6, 6.07) is 13.9. The molecule has 0 fully saturated rings. The molecule has 5 nitrogen and oxygen atoms in total. The van der Waals surface area contributed by atoms with Crippen molar-refractivity contribution in [2.45, 2.75) is 40.3 Å². The Kier molecular flexibility index (Phi) is 5.26. The second kappa shape index (κ2) is 7.60. The first-order valence-electron chi connectivity index (χ1n) is 8.98. The molecule has 0 saturated carbocycles. The van der Waals surface area contributed by atoms with E-state index in [0.717, 1.165) is 5.56 Å². The number of imidazole rings is 1. The Balaban J connectivity index is 2.02. The second-order valence-corrected chi connectivity index (χ2v) is 6.56. The summed E-state index contributed by atoms with van der Waals surface area (Å²) in [7, 11) is 0. The van der Waals surface area contributed by atoms with Crippen molar-refractivity contribution < 1.29 is 9.53 Å². The Morgan fingerprint density at radius 1 is 1.19 bits per heavy atom. The van der Waals surface area contributed by atoms with Crippen LogP contribution in [0, 0.1) is 6.92 Å². The number of carbonyl (C=O) groups excluding carboxylic acids is 1. The van der Waals surface area contributed by atoms with Crippen LogP contribution in [0.15, 0.2) is 48.7 Å². The zero-order chi connectivity index (χ0) is 18.7. The second-order valence-electron chi connectivity index (χ2n) is 6.56. The molecule has 2 heterocycles. The van der Waals surface area contributed by atoms with E-state index in [9.17, 15) is 4.79 Å². The minimum atomic E-state index is -0.0255. The van der Waals surface area contributed by atoms with Crippen LogP contribution in [-0.2, 0) is 6.54 Å². The molecule has 0 bridgehead atoms. The molecule has 26 heavy (non-hydrogen) atoms. The summed E-state index contributed by atoms with van der Waals surface area (Å²) in [6.07, 6.45) is 1.87. The maximum atomic E-state index is 13.4. The summed E-state index contributed by atoms with van der Waals surface area (Å²) < 4.78 is 7.50. The summed E-state index contributed by atoms with van der Waals surface area (Å²) in [5.41, 5.74) is 3.08. The maximum absolute atomic E-state index is 13.4. The number of carbonyl (C=O) groups is 1. The van der Waals surface area contributed by atoms with Crippen molar-refractivity contribution in [3.63, 3.8) is 0 Å². The first kappa shape index (κ1) is 18.0. The number of hydrogen-bond acceptors (Lipinski definition) is 3. The van der Waals surface area contributed by atoms with Gasteiger partial charge >= 0.3 is 0 Å². The van der Waals surface area contributed by atoms with Gasteiger partial charge < -0.3 is 9.64 Å². The summed E-state index contributed by atoms with van der Waals surface area (Å²) in [5, 5.41) is 0. The highest BCUT2D eigenvalue weighted by atomic mass is 16.5. The summed E-state index contributed by atoms with van der Waals surface area (Å²) >= 11 is 0.